The Morgan fingerprint density at radius 2 is 2.26 bits per heavy atom. The summed E-state index contributed by atoms with van der Waals surface area (Å²) in [7, 11) is 0. The van der Waals surface area contributed by atoms with Crippen LogP contribution in [0.2, 0.25) is 0 Å². The SMILES string of the molecule is CCOC(=O)Cc1c([N+](=O)[O-])ncc(C(F)F)c1I. The fourth-order valence-electron chi connectivity index (χ4n) is 1.36. The Kier molecular flexibility index (Phi) is 5.51. The molecule has 0 radical (unpaired) electrons. The lowest BCUT2D eigenvalue weighted by Crippen LogP contribution is -2.12. The normalized spacial score (nSPS) is 10.6. The summed E-state index contributed by atoms with van der Waals surface area (Å²) < 4.78 is 30.0. The smallest absolute Gasteiger partial charge is 0.368 e. The Bertz CT molecular complexity index is 511. The van der Waals surface area contributed by atoms with E-state index in [2.05, 4.69) is 9.72 Å². The van der Waals surface area contributed by atoms with Crippen LogP contribution in [-0.2, 0) is 16.0 Å². The quantitative estimate of drug-likeness (QED) is 0.336. The van der Waals surface area contributed by atoms with Crippen molar-refractivity contribution in [2.24, 2.45) is 0 Å². The number of rotatable bonds is 5. The maximum absolute atomic E-state index is 12.7. The molecule has 0 aliphatic carbocycles. The number of aromatic nitrogens is 1. The van der Waals surface area contributed by atoms with Crippen LogP contribution in [0.3, 0.4) is 0 Å². The molecule has 0 spiro atoms. The first-order valence-electron chi connectivity index (χ1n) is 5.13. The van der Waals surface area contributed by atoms with Crippen molar-refractivity contribution in [1.82, 2.24) is 4.98 Å². The molecule has 9 heteroatoms. The number of halogens is 3. The monoisotopic (exact) mass is 386 g/mol. The lowest BCUT2D eigenvalue weighted by molar-refractivity contribution is -0.390. The van der Waals surface area contributed by atoms with Crippen LogP contribution in [0.25, 0.3) is 0 Å². The van der Waals surface area contributed by atoms with E-state index >= 15 is 0 Å². The number of nitrogens with zero attached hydrogens (tertiary/aromatic N) is 2. The molecule has 0 bridgehead atoms. The molecule has 1 aromatic rings. The van der Waals surface area contributed by atoms with Gasteiger partial charge in [0.2, 0.25) is 0 Å². The van der Waals surface area contributed by atoms with Crippen LogP contribution in [0.4, 0.5) is 14.6 Å². The number of nitro groups is 1. The van der Waals surface area contributed by atoms with Crippen molar-refractivity contribution in [1.29, 1.82) is 0 Å². The summed E-state index contributed by atoms with van der Waals surface area (Å²) in [5.74, 6) is -1.33. The predicted molar refractivity (Wildman–Crippen MR) is 68.9 cm³/mol. The van der Waals surface area contributed by atoms with Crippen LogP contribution in [0.5, 0.6) is 0 Å². The molecular formula is C10H9F2IN2O4. The zero-order chi connectivity index (χ0) is 14.6. The first-order chi connectivity index (χ1) is 8.88. The molecule has 6 nitrogen and oxygen atoms in total. The third kappa shape index (κ3) is 3.78. The summed E-state index contributed by atoms with van der Waals surface area (Å²) in [6.07, 6.45) is -2.53. The minimum absolute atomic E-state index is 0.0395. The topological polar surface area (TPSA) is 82.3 Å². The van der Waals surface area contributed by atoms with E-state index in [-0.39, 0.29) is 15.7 Å². The van der Waals surface area contributed by atoms with Gasteiger partial charge in [-0.3, -0.25) is 4.79 Å². The minimum atomic E-state index is -2.82. The van der Waals surface area contributed by atoms with Crippen LogP contribution in [0.1, 0.15) is 24.5 Å². The third-order valence-electron chi connectivity index (χ3n) is 2.15. The van der Waals surface area contributed by atoms with Gasteiger partial charge in [-0.05, 0) is 39.4 Å². The summed E-state index contributed by atoms with van der Waals surface area (Å²) in [5, 5.41) is 10.8. The molecule has 1 heterocycles. The van der Waals surface area contributed by atoms with Crippen LogP contribution in [-0.4, -0.2) is 22.5 Å². The summed E-state index contributed by atoms with van der Waals surface area (Å²) in [5.41, 5.74) is -0.590. The van der Waals surface area contributed by atoms with E-state index in [1.807, 2.05) is 0 Å². The van der Waals surface area contributed by atoms with Gasteiger partial charge in [0.25, 0.3) is 6.43 Å². The van der Waals surface area contributed by atoms with Crippen LogP contribution in [0, 0.1) is 13.7 Å². The van der Waals surface area contributed by atoms with Gasteiger partial charge in [0.15, 0.2) is 0 Å². The number of pyridine rings is 1. The summed E-state index contributed by atoms with van der Waals surface area (Å²) >= 11 is 1.54. The largest absolute Gasteiger partial charge is 0.466 e. The molecule has 0 aliphatic heterocycles. The molecule has 1 rings (SSSR count). The van der Waals surface area contributed by atoms with Crippen molar-refractivity contribution >= 4 is 34.4 Å². The first-order valence-corrected chi connectivity index (χ1v) is 6.21. The maximum atomic E-state index is 12.7. The highest BCUT2D eigenvalue weighted by Gasteiger charge is 2.27. The van der Waals surface area contributed by atoms with E-state index in [4.69, 9.17) is 0 Å². The molecule has 0 saturated heterocycles. The van der Waals surface area contributed by atoms with Gasteiger partial charge in [0, 0.05) is 3.57 Å². The van der Waals surface area contributed by atoms with Crippen LogP contribution < -0.4 is 0 Å². The third-order valence-corrected chi connectivity index (χ3v) is 3.42. The van der Waals surface area contributed by atoms with E-state index in [1.54, 1.807) is 29.5 Å². The van der Waals surface area contributed by atoms with Gasteiger partial charge in [-0.15, -0.1) is 0 Å². The van der Waals surface area contributed by atoms with Crippen LogP contribution in [0.15, 0.2) is 6.20 Å². The summed E-state index contributed by atoms with van der Waals surface area (Å²) in [6.45, 7) is 1.68. The lowest BCUT2D eigenvalue weighted by atomic mass is 10.1. The summed E-state index contributed by atoms with van der Waals surface area (Å²) in [6, 6.07) is 0. The van der Waals surface area contributed by atoms with Gasteiger partial charge in [0.05, 0.1) is 24.2 Å². The molecule has 104 valence electrons. The zero-order valence-electron chi connectivity index (χ0n) is 9.73. The number of alkyl halides is 2. The van der Waals surface area contributed by atoms with Gasteiger partial charge < -0.3 is 14.9 Å². The zero-order valence-corrected chi connectivity index (χ0v) is 11.9. The van der Waals surface area contributed by atoms with Gasteiger partial charge in [-0.25, -0.2) is 8.78 Å². The van der Waals surface area contributed by atoms with E-state index in [9.17, 15) is 23.7 Å². The Balaban J connectivity index is 3.26. The molecule has 0 aromatic carbocycles. The fraction of sp³-hybridized carbons (Fsp3) is 0.400. The molecule has 19 heavy (non-hydrogen) atoms. The second-order valence-corrected chi connectivity index (χ2v) is 4.45. The molecule has 1 aromatic heterocycles. The molecular weight excluding hydrogens is 377 g/mol. The van der Waals surface area contributed by atoms with E-state index < -0.39 is 35.1 Å². The van der Waals surface area contributed by atoms with Crippen molar-refractivity contribution in [3.05, 3.63) is 31.0 Å². The first kappa shape index (κ1) is 15.7. The number of hydrogen-bond acceptors (Lipinski definition) is 5. The molecule has 0 amide bonds. The summed E-state index contributed by atoms with van der Waals surface area (Å²) in [4.78, 5) is 24.7. The van der Waals surface area contributed by atoms with Gasteiger partial charge in [-0.1, -0.05) is 0 Å². The standard InChI is InChI=1S/C10H9F2IN2O4/c1-2-19-7(16)3-5-8(13)6(9(11)12)4-14-10(5)15(17)18/h4,9H,2-3H2,1H3. The Hall–Kier alpha value is -1.39. The molecule has 0 unspecified atom stereocenters. The van der Waals surface area contributed by atoms with Crippen molar-refractivity contribution < 1.29 is 23.2 Å². The molecule has 0 N–H and O–H groups in total. The fourth-order valence-corrected chi connectivity index (χ4v) is 2.17. The number of esters is 1. The average molecular weight is 386 g/mol. The Morgan fingerprint density at radius 1 is 1.63 bits per heavy atom. The number of hydrogen-bond donors (Lipinski definition) is 0. The molecule has 0 aliphatic rings. The number of carbonyl (C=O) groups is 1. The van der Waals surface area contributed by atoms with Crippen molar-refractivity contribution in [2.75, 3.05) is 6.61 Å². The Morgan fingerprint density at radius 3 is 2.74 bits per heavy atom. The van der Waals surface area contributed by atoms with Gasteiger partial charge in [-0.2, -0.15) is 0 Å². The predicted octanol–water partition coefficient (Wildman–Crippen LogP) is 2.64. The van der Waals surface area contributed by atoms with E-state index in [0.717, 1.165) is 6.20 Å². The maximum Gasteiger partial charge on any atom is 0.368 e. The van der Waals surface area contributed by atoms with Crippen molar-refractivity contribution in [3.63, 3.8) is 0 Å². The van der Waals surface area contributed by atoms with E-state index in [1.165, 1.54) is 0 Å². The molecule has 0 fully saturated rings. The highest BCUT2D eigenvalue weighted by Crippen LogP contribution is 2.31. The average Bonchev–Trinajstić information content (AvgIpc) is 2.31. The van der Waals surface area contributed by atoms with Gasteiger partial charge in [0.1, 0.15) is 6.20 Å². The van der Waals surface area contributed by atoms with Crippen LogP contribution >= 0.6 is 22.6 Å². The van der Waals surface area contributed by atoms with Crippen molar-refractivity contribution in [2.45, 2.75) is 19.8 Å². The van der Waals surface area contributed by atoms with Gasteiger partial charge >= 0.3 is 11.8 Å². The van der Waals surface area contributed by atoms with Crippen molar-refractivity contribution in [3.8, 4) is 0 Å². The molecule has 0 atom stereocenters. The minimum Gasteiger partial charge on any atom is -0.466 e. The Labute approximate surface area is 120 Å². The lowest BCUT2D eigenvalue weighted by Gasteiger charge is -2.08. The van der Waals surface area contributed by atoms with E-state index in [0.29, 0.717) is 0 Å². The second kappa shape index (κ2) is 6.68. The highest BCUT2D eigenvalue weighted by molar-refractivity contribution is 14.1. The second-order valence-electron chi connectivity index (χ2n) is 3.37. The number of ether oxygens (including phenoxy) is 1. The highest BCUT2D eigenvalue weighted by atomic mass is 127. The number of carbonyl (C=O) groups excluding carboxylic acids is 1. The molecule has 0 saturated carbocycles.